The molecule has 2 saturated carbocycles. The van der Waals surface area contributed by atoms with E-state index in [-0.39, 0.29) is 0 Å². The molecule has 0 aromatic heterocycles. The molecule has 2 aliphatic rings. The van der Waals surface area contributed by atoms with E-state index in [1.54, 1.807) is 6.07 Å². The van der Waals surface area contributed by atoms with Gasteiger partial charge in [-0.1, -0.05) is 12.1 Å². The summed E-state index contributed by atoms with van der Waals surface area (Å²) < 4.78 is 26.5. The van der Waals surface area contributed by atoms with Crippen molar-refractivity contribution in [3.05, 3.63) is 48.1 Å². The molecule has 0 N–H and O–H groups in total. The molecule has 0 aliphatic heterocycles. The van der Waals surface area contributed by atoms with E-state index in [0.29, 0.717) is 5.92 Å². The normalized spacial score (nSPS) is 32.5. The number of hydrogen-bond donors (Lipinski definition) is 0. The Morgan fingerprint density at radius 2 is 1.67 bits per heavy atom. The van der Waals surface area contributed by atoms with Crippen molar-refractivity contribution >= 4 is 0 Å². The van der Waals surface area contributed by atoms with Crippen LogP contribution in [0.2, 0.25) is 0 Å². The average molecular weight is 290 g/mol. The highest BCUT2D eigenvalue weighted by molar-refractivity contribution is 5.23. The third-order valence-corrected chi connectivity index (χ3v) is 5.65. The van der Waals surface area contributed by atoms with Crippen molar-refractivity contribution in [3.63, 3.8) is 0 Å². The van der Waals surface area contributed by atoms with Crippen LogP contribution in [-0.4, -0.2) is 0 Å². The second-order valence-corrected chi connectivity index (χ2v) is 6.91. The van der Waals surface area contributed by atoms with Gasteiger partial charge in [0, 0.05) is 0 Å². The molecule has 0 spiro atoms. The van der Waals surface area contributed by atoms with E-state index >= 15 is 0 Å². The SMILES string of the molecule is C=CCC1CCC2CC(c3ccc(F)c(F)c3)CC2CC1. The summed E-state index contributed by atoms with van der Waals surface area (Å²) >= 11 is 0. The Kier molecular flexibility index (Phi) is 4.42. The molecular formula is C19H24F2. The Balaban J connectivity index is 1.66. The highest BCUT2D eigenvalue weighted by Gasteiger charge is 2.36. The minimum Gasteiger partial charge on any atom is -0.204 e. The molecule has 0 nitrogen and oxygen atoms in total. The maximum Gasteiger partial charge on any atom is 0.159 e. The number of benzene rings is 1. The van der Waals surface area contributed by atoms with Crippen LogP contribution in [0.15, 0.2) is 30.9 Å². The summed E-state index contributed by atoms with van der Waals surface area (Å²) in [6.45, 7) is 3.86. The summed E-state index contributed by atoms with van der Waals surface area (Å²) in [4.78, 5) is 0. The van der Waals surface area contributed by atoms with Gasteiger partial charge in [-0.3, -0.25) is 0 Å². The first-order valence-corrected chi connectivity index (χ1v) is 8.23. The van der Waals surface area contributed by atoms with Crippen LogP contribution < -0.4 is 0 Å². The fourth-order valence-electron chi connectivity index (χ4n) is 4.47. The van der Waals surface area contributed by atoms with E-state index in [9.17, 15) is 8.78 Å². The number of hydrogen-bond acceptors (Lipinski definition) is 0. The first kappa shape index (κ1) is 14.7. The van der Waals surface area contributed by atoms with Crippen LogP contribution in [0, 0.1) is 29.4 Å². The van der Waals surface area contributed by atoms with Gasteiger partial charge in [-0.15, -0.1) is 6.58 Å². The molecule has 0 bridgehead atoms. The second kappa shape index (κ2) is 6.29. The van der Waals surface area contributed by atoms with Crippen molar-refractivity contribution in [1.82, 2.24) is 0 Å². The van der Waals surface area contributed by atoms with Gasteiger partial charge >= 0.3 is 0 Å². The summed E-state index contributed by atoms with van der Waals surface area (Å²) in [5, 5.41) is 0. The Hall–Kier alpha value is -1.18. The molecule has 0 amide bonds. The number of allylic oxidation sites excluding steroid dienone is 1. The van der Waals surface area contributed by atoms with E-state index < -0.39 is 11.6 Å². The Morgan fingerprint density at radius 3 is 2.24 bits per heavy atom. The van der Waals surface area contributed by atoms with Gasteiger partial charge in [0.15, 0.2) is 11.6 Å². The summed E-state index contributed by atoms with van der Waals surface area (Å²) in [5.41, 5.74) is 0.990. The molecule has 0 heterocycles. The third kappa shape index (κ3) is 3.20. The topological polar surface area (TPSA) is 0 Å². The summed E-state index contributed by atoms with van der Waals surface area (Å²) in [6, 6.07) is 4.46. The molecule has 114 valence electrons. The lowest BCUT2D eigenvalue weighted by Crippen LogP contribution is -2.04. The maximum absolute atomic E-state index is 13.4. The lowest BCUT2D eigenvalue weighted by molar-refractivity contribution is 0.367. The molecule has 0 saturated heterocycles. The van der Waals surface area contributed by atoms with Gasteiger partial charge in [0.1, 0.15) is 0 Å². The largest absolute Gasteiger partial charge is 0.204 e. The van der Waals surface area contributed by atoms with Crippen LogP contribution in [0.25, 0.3) is 0 Å². The quantitative estimate of drug-likeness (QED) is 0.613. The Labute approximate surface area is 126 Å². The highest BCUT2D eigenvalue weighted by Crippen LogP contribution is 2.49. The molecule has 2 fully saturated rings. The van der Waals surface area contributed by atoms with E-state index in [0.717, 1.165) is 42.6 Å². The van der Waals surface area contributed by atoms with Gasteiger partial charge in [-0.25, -0.2) is 8.78 Å². The lowest BCUT2D eigenvalue weighted by atomic mass is 9.91. The van der Waals surface area contributed by atoms with Crippen LogP contribution in [-0.2, 0) is 0 Å². The lowest BCUT2D eigenvalue weighted by Gasteiger charge is -2.14. The fraction of sp³-hybridized carbons (Fsp3) is 0.579. The van der Waals surface area contributed by atoms with Crippen molar-refractivity contribution in [2.75, 3.05) is 0 Å². The molecule has 21 heavy (non-hydrogen) atoms. The smallest absolute Gasteiger partial charge is 0.159 e. The van der Waals surface area contributed by atoms with E-state index in [1.165, 1.54) is 37.8 Å². The van der Waals surface area contributed by atoms with Crippen molar-refractivity contribution in [3.8, 4) is 0 Å². The fourth-order valence-corrected chi connectivity index (χ4v) is 4.47. The first-order valence-electron chi connectivity index (χ1n) is 8.23. The van der Waals surface area contributed by atoms with Gasteiger partial charge in [0.05, 0.1) is 0 Å². The molecule has 1 aromatic carbocycles. The van der Waals surface area contributed by atoms with Gasteiger partial charge < -0.3 is 0 Å². The van der Waals surface area contributed by atoms with Gasteiger partial charge in [0.2, 0.25) is 0 Å². The molecule has 2 atom stereocenters. The molecule has 2 aliphatic carbocycles. The minimum atomic E-state index is -0.738. The van der Waals surface area contributed by atoms with Crippen molar-refractivity contribution < 1.29 is 8.78 Å². The van der Waals surface area contributed by atoms with Gasteiger partial charge in [-0.05, 0) is 86.3 Å². The zero-order valence-corrected chi connectivity index (χ0v) is 12.5. The monoisotopic (exact) mass is 290 g/mol. The predicted octanol–water partition coefficient (Wildman–Crippen LogP) is 5.84. The molecule has 0 radical (unpaired) electrons. The van der Waals surface area contributed by atoms with Crippen molar-refractivity contribution in [1.29, 1.82) is 0 Å². The molecule has 2 heteroatoms. The van der Waals surface area contributed by atoms with Crippen LogP contribution >= 0.6 is 0 Å². The number of fused-ring (bicyclic) bond motifs is 1. The van der Waals surface area contributed by atoms with Crippen LogP contribution in [0.3, 0.4) is 0 Å². The molecule has 2 unspecified atom stereocenters. The average Bonchev–Trinajstić information content (AvgIpc) is 2.79. The minimum absolute atomic E-state index is 0.422. The zero-order chi connectivity index (χ0) is 14.8. The van der Waals surface area contributed by atoms with E-state index in [1.807, 2.05) is 0 Å². The molecule has 3 rings (SSSR count). The summed E-state index contributed by atoms with van der Waals surface area (Å²) in [5.74, 6) is 1.35. The Bertz CT molecular complexity index is 492. The zero-order valence-electron chi connectivity index (χ0n) is 12.5. The van der Waals surface area contributed by atoms with Gasteiger partial charge in [0.25, 0.3) is 0 Å². The van der Waals surface area contributed by atoms with Crippen LogP contribution in [0.1, 0.15) is 56.4 Å². The van der Waals surface area contributed by atoms with E-state index in [4.69, 9.17) is 0 Å². The number of halogens is 2. The van der Waals surface area contributed by atoms with Crippen LogP contribution in [0.5, 0.6) is 0 Å². The number of rotatable bonds is 3. The van der Waals surface area contributed by atoms with Crippen molar-refractivity contribution in [2.45, 2.75) is 50.9 Å². The van der Waals surface area contributed by atoms with Crippen LogP contribution in [0.4, 0.5) is 8.78 Å². The second-order valence-electron chi connectivity index (χ2n) is 6.91. The van der Waals surface area contributed by atoms with E-state index in [2.05, 4.69) is 12.7 Å². The van der Waals surface area contributed by atoms with Crippen molar-refractivity contribution in [2.24, 2.45) is 17.8 Å². The maximum atomic E-state index is 13.4. The Morgan fingerprint density at radius 1 is 1.00 bits per heavy atom. The van der Waals surface area contributed by atoms with Gasteiger partial charge in [-0.2, -0.15) is 0 Å². The molecular weight excluding hydrogens is 266 g/mol. The third-order valence-electron chi connectivity index (χ3n) is 5.65. The standard InChI is InChI=1S/C19H24F2/c1-2-3-13-4-6-14-10-17(11-15(14)7-5-13)16-8-9-18(20)19(21)12-16/h2,8-9,12-15,17H,1,3-7,10-11H2. The summed E-state index contributed by atoms with van der Waals surface area (Å²) in [6.07, 6.45) is 10.7. The predicted molar refractivity (Wildman–Crippen MR) is 82.1 cm³/mol. The highest BCUT2D eigenvalue weighted by atomic mass is 19.2. The summed E-state index contributed by atoms with van der Waals surface area (Å²) in [7, 11) is 0. The first-order chi connectivity index (χ1) is 10.2. The molecule has 1 aromatic rings.